The first kappa shape index (κ1) is 34.1. The van der Waals surface area contributed by atoms with Gasteiger partial charge in [0.25, 0.3) is 0 Å². The van der Waals surface area contributed by atoms with E-state index in [0.29, 0.717) is 28.5 Å². The van der Waals surface area contributed by atoms with Crippen LogP contribution in [0.1, 0.15) is 0 Å². The number of aromatic nitrogens is 4. The Morgan fingerprint density at radius 1 is 0.356 bits per heavy atom. The van der Waals surface area contributed by atoms with Gasteiger partial charge >= 0.3 is 0 Å². The van der Waals surface area contributed by atoms with Crippen LogP contribution in [0.5, 0.6) is 0 Å². The molecule has 0 saturated heterocycles. The zero-order chi connectivity index (χ0) is 39.2. The van der Waals surface area contributed by atoms with Crippen molar-refractivity contribution in [2.75, 3.05) is 0 Å². The summed E-state index contributed by atoms with van der Waals surface area (Å²) in [5, 5.41) is 3.84. The van der Waals surface area contributed by atoms with Gasteiger partial charge in [-0.1, -0.05) is 115 Å². The van der Waals surface area contributed by atoms with E-state index in [1.54, 1.807) is 0 Å². The first-order valence-electron chi connectivity index (χ1n) is 19.0. The maximum Gasteiger partial charge on any atom is 0.180 e. The average molecular weight is 891 g/mol. The van der Waals surface area contributed by atoms with Crippen LogP contribution in [-0.4, -0.2) is 19.9 Å². The molecule has 7 nitrogen and oxygen atoms in total. The minimum Gasteiger partial charge on any atom is -0.455 e. The molecule has 0 N–H and O–H groups in total. The predicted octanol–water partition coefficient (Wildman–Crippen LogP) is 14.8. The van der Waals surface area contributed by atoms with Crippen LogP contribution in [0, 0.1) is 0 Å². The normalized spacial score (nSPS) is 11.9. The van der Waals surface area contributed by atoms with Crippen molar-refractivity contribution in [1.82, 2.24) is 19.9 Å². The van der Waals surface area contributed by atoms with Crippen LogP contribution < -0.4 is 0 Å². The highest BCUT2D eigenvalue weighted by Gasteiger charge is 2.23. The number of nitrogens with zero attached hydrogens (tertiary/aromatic N) is 4. The van der Waals surface area contributed by atoms with Gasteiger partial charge in [-0.3, -0.25) is 0 Å². The van der Waals surface area contributed by atoms with Gasteiger partial charge in [-0.25, -0.2) is 19.9 Å². The molecule has 5 aromatic heterocycles. The van der Waals surface area contributed by atoms with Crippen LogP contribution in [-0.2, 0) is 0 Å². The number of rotatable bonds is 5. The Bertz CT molecular complexity index is 3650. The quantitative estimate of drug-likeness (QED) is 0.170. The second-order valence-corrected chi connectivity index (χ2v) is 16.1. The summed E-state index contributed by atoms with van der Waals surface area (Å²) < 4.78 is 21.5. The zero-order valence-electron chi connectivity index (χ0n) is 30.8. The molecular formula is C50H26Br2N4O3. The van der Waals surface area contributed by atoms with Gasteiger partial charge in [-0.05, 0) is 79.9 Å². The van der Waals surface area contributed by atoms with E-state index in [-0.39, 0.29) is 0 Å². The predicted molar refractivity (Wildman–Crippen MR) is 242 cm³/mol. The minimum atomic E-state index is 0.578. The number of halogens is 2. The molecule has 0 bridgehead atoms. The molecular weight excluding hydrogens is 864 g/mol. The highest BCUT2D eigenvalue weighted by atomic mass is 79.9. The van der Waals surface area contributed by atoms with Gasteiger partial charge in [-0.2, -0.15) is 0 Å². The Balaban J connectivity index is 1.01. The Labute approximate surface area is 352 Å². The number of hydrogen-bond acceptors (Lipinski definition) is 7. The average Bonchev–Trinajstić information content (AvgIpc) is 3.98. The molecule has 59 heavy (non-hydrogen) atoms. The molecule has 0 spiro atoms. The number of para-hydroxylation sites is 1. The standard InChI is InChI=1S/C50H26Br2N4O3/c51-35-19-9-21-37-40(35)44-47(57-37)42(27-11-3-1-4-12-27)53-50(56-44)31-23-24-33-34-18-8-17-32(46(34)59-39(33)26-31)29-15-7-16-30(25-29)43-48-45(41-36(52)20-10-22-38(41)58-48)55-49(54-43)28-13-5-2-6-14-28/h1-26H. The summed E-state index contributed by atoms with van der Waals surface area (Å²) in [5.41, 5.74) is 12.8. The Hall–Kier alpha value is -6.94. The monoisotopic (exact) mass is 888 g/mol. The fourth-order valence-electron chi connectivity index (χ4n) is 8.12. The van der Waals surface area contributed by atoms with Crippen molar-refractivity contribution in [2.24, 2.45) is 0 Å². The van der Waals surface area contributed by atoms with Crippen LogP contribution in [0.15, 0.2) is 180 Å². The molecule has 0 amide bonds. The second kappa shape index (κ2) is 13.3. The number of furan rings is 3. The van der Waals surface area contributed by atoms with Gasteiger partial charge in [0.15, 0.2) is 22.8 Å². The zero-order valence-corrected chi connectivity index (χ0v) is 34.0. The fraction of sp³-hybridized carbons (Fsp3) is 0. The highest BCUT2D eigenvalue weighted by Crippen LogP contribution is 2.43. The summed E-state index contributed by atoms with van der Waals surface area (Å²) in [6.07, 6.45) is 0. The molecule has 0 fully saturated rings. The van der Waals surface area contributed by atoms with Gasteiger partial charge in [-0.15, -0.1) is 0 Å². The summed E-state index contributed by atoms with van der Waals surface area (Å²) in [6.45, 7) is 0. The van der Waals surface area contributed by atoms with Crippen molar-refractivity contribution in [1.29, 1.82) is 0 Å². The topological polar surface area (TPSA) is 91.0 Å². The SMILES string of the molecule is Brc1cccc2oc3c(-c4ccccc4)nc(-c4ccc5c(c4)oc4c(-c6cccc(-c7nc(-c8ccccc8)nc8c7oc7cccc(Br)c78)c6)cccc45)nc3c12. The second-order valence-electron chi connectivity index (χ2n) is 14.4. The van der Waals surface area contributed by atoms with Crippen LogP contribution in [0.4, 0.5) is 0 Å². The molecule has 278 valence electrons. The van der Waals surface area contributed by atoms with Crippen molar-refractivity contribution in [2.45, 2.75) is 0 Å². The molecule has 12 rings (SSSR count). The summed E-state index contributed by atoms with van der Waals surface area (Å²) in [5.74, 6) is 1.20. The van der Waals surface area contributed by atoms with E-state index >= 15 is 0 Å². The molecule has 0 unspecified atom stereocenters. The molecule has 0 aliphatic heterocycles. The van der Waals surface area contributed by atoms with Crippen LogP contribution in [0.2, 0.25) is 0 Å². The van der Waals surface area contributed by atoms with E-state index in [2.05, 4.69) is 86.5 Å². The Kier molecular flexibility index (Phi) is 7.70. The van der Waals surface area contributed by atoms with Gasteiger partial charge < -0.3 is 13.3 Å². The van der Waals surface area contributed by atoms with E-state index in [0.717, 1.165) is 103 Å². The van der Waals surface area contributed by atoms with Crippen LogP contribution in [0.3, 0.4) is 0 Å². The first-order chi connectivity index (χ1) is 29.1. The van der Waals surface area contributed by atoms with Crippen LogP contribution in [0.25, 0.3) is 122 Å². The number of hydrogen-bond donors (Lipinski definition) is 0. The van der Waals surface area contributed by atoms with Gasteiger partial charge in [0.2, 0.25) is 0 Å². The van der Waals surface area contributed by atoms with E-state index < -0.39 is 0 Å². The maximum atomic E-state index is 6.79. The lowest BCUT2D eigenvalue weighted by molar-refractivity contribution is 0.667. The molecule has 0 saturated carbocycles. The molecule has 0 atom stereocenters. The van der Waals surface area contributed by atoms with Crippen molar-refractivity contribution in [3.05, 3.63) is 167 Å². The van der Waals surface area contributed by atoms with E-state index in [1.807, 2.05) is 103 Å². The van der Waals surface area contributed by atoms with E-state index in [4.69, 9.17) is 33.2 Å². The molecule has 5 heterocycles. The van der Waals surface area contributed by atoms with Crippen molar-refractivity contribution in [3.63, 3.8) is 0 Å². The first-order valence-corrected chi connectivity index (χ1v) is 20.6. The molecule has 9 heteroatoms. The molecule has 7 aromatic carbocycles. The third-order valence-electron chi connectivity index (χ3n) is 10.9. The number of fused-ring (bicyclic) bond motifs is 9. The number of benzene rings is 7. The minimum absolute atomic E-state index is 0.578. The lowest BCUT2D eigenvalue weighted by Crippen LogP contribution is -1.94. The van der Waals surface area contributed by atoms with Gasteiger partial charge in [0, 0.05) is 47.5 Å². The third kappa shape index (κ3) is 5.46. The lowest BCUT2D eigenvalue weighted by atomic mass is 9.99. The van der Waals surface area contributed by atoms with Crippen molar-refractivity contribution < 1.29 is 13.3 Å². The highest BCUT2D eigenvalue weighted by molar-refractivity contribution is 9.11. The third-order valence-corrected chi connectivity index (χ3v) is 12.2. The fourth-order valence-corrected chi connectivity index (χ4v) is 9.19. The van der Waals surface area contributed by atoms with E-state index in [9.17, 15) is 0 Å². The van der Waals surface area contributed by atoms with Crippen molar-refractivity contribution in [3.8, 4) is 56.4 Å². The van der Waals surface area contributed by atoms with Gasteiger partial charge in [0.05, 0.1) is 10.8 Å². The summed E-state index contributed by atoms with van der Waals surface area (Å²) >= 11 is 7.48. The molecule has 0 radical (unpaired) electrons. The van der Waals surface area contributed by atoms with E-state index in [1.165, 1.54) is 0 Å². The molecule has 12 aromatic rings. The Morgan fingerprint density at radius 2 is 0.898 bits per heavy atom. The summed E-state index contributed by atoms with van der Waals surface area (Å²) in [4.78, 5) is 20.4. The smallest absolute Gasteiger partial charge is 0.180 e. The van der Waals surface area contributed by atoms with Gasteiger partial charge in [0.1, 0.15) is 44.8 Å². The maximum absolute atomic E-state index is 6.79. The summed E-state index contributed by atoms with van der Waals surface area (Å²) in [6, 6.07) is 52.8. The summed E-state index contributed by atoms with van der Waals surface area (Å²) in [7, 11) is 0. The lowest BCUT2D eigenvalue weighted by Gasteiger charge is -2.09. The van der Waals surface area contributed by atoms with Crippen LogP contribution >= 0.6 is 31.9 Å². The van der Waals surface area contributed by atoms with Crippen molar-refractivity contribution >= 4 is 97.9 Å². The molecule has 0 aliphatic carbocycles. The molecule has 0 aliphatic rings. The largest absolute Gasteiger partial charge is 0.455 e. The Morgan fingerprint density at radius 3 is 1.58 bits per heavy atom.